The molecular formula is C16H21N2O3S+. The van der Waals surface area contributed by atoms with Gasteiger partial charge in [-0.15, -0.1) is 0 Å². The summed E-state index contributed by atoms with van der Waals surface area (Å²) in [4.78, 5) is 22.0. The molecule has 0 aliphatic carbocycles. The minimum absolute atomic E-state index is 0.0548. The molecule has 0 unspecified atom stereocenters. The zero-order valence-electron chi connectivity index (χ0n) is 12.7. The number of rotatable bonds is 4. The fourth-order valence-corrected chi connectivity index (χ4v) is 3.41. The molecule has 6 heteroatoms. The second-order valence-corrected chi connectivity index (χ2v) is 6.26. The van der Waals surface area contributed by atoms with E-state index in [0.29, 0.717) is 0 Å². The first kappa shape index (κ1) is 16.5. The van der Waals surface area contributed by atoms with Crippen LogP contribution < -0.4 is 5.32 Å². The van der Waals surface area contributed by atoms with Crippen LogP contribution in [0.25, 0.3) is 0 Å². The number of carboxylic acids is 1. The van der Waals surface area contributed by atoms with Crippen LogP contribution in [0.15, 0.2) is 24.3 Å². The lowest BCUT2D eigenvalue weighted by molar-refractivity contribution is -0.534. The molecule has 118 valence electrons. The maximum absolute atomic E-state index is 11.1. The van der Waals surface area contributed by atoms with Gasteiger partial charge in [0.15, 0.2) is 0 Å². The standard InChI is InChI=1S/C16H20N2O3S/c1-12(19)17-14-7-5-13(6-8-14)16(22-11-15(20)21)18-9-3-2-4-10-18/h5-8H,2-4,9-11H2,1H3,(H,20,21)/p+1. The quantitative estimate of drug-likeness (QED) is 0.660. The van der Waals surface area contributed by atoms with Gasteiger partial charge in [-0.2, -0.15) is 0 Å². The van der Waals surface area contributed by atoms with Crippen LogP contribution in [0.5, 0.6) is 0 Å². The van der Waals surface area contributed by atoms with E-state index >= 15 is 0 Å². The first-order valence-electron chi connectivity index (χ1n) is 7.41. The van der Waals surface area contributed by atoms with E-state index in [1.807, 2.05) is 24.3 Å². The van der Waals surface area contributed by atoms with Crippen molar-refractivity contribution in [3.63, 3.8) is 0 Å². The van der Waals surface area contributed by atoms with Crippen molar-refractivity contribution in [1.29, 1.82) is 0 Å². The Kier molecular flexibility index (Phi) is 6.00. The summed E-state index contributed by atoms with van der Waals surface area (Å²) in [6.45, 7) is 3.41. The molecule has 0 atom stereocenters. The van der Waals surface area contributed by atoms with Gasteiger partial charge in [0.1, 0.15) is 18.8 Å². The van der Waals surface area contributed by atoms with Crippen molar-refractivity contribution in [2.75, 3.05) is 24.2 Å². The molecule has 5 nitrogen and oxygen atoms in total. The van der Waals surface area contributed by atoms with Crippen molar-refractivity contribution in [3.8, 4) is 0 Å². The number of nitrogens with zero attached hydrogens (tertiary/aromatic N) is 1. The lowest BCUT2D eigenvalue weighted by Crippen LogP contribution is -2.27. The van der Waals surface area contributed by atoms with Gasteiger partial charge in [-0.3, -0.25) is 9.59 Å². The number of carbonyl (C=O) groups excluding carboxylic acids is 1. The molecule has 0 radical (unpaired) electrons. The maximum Gasteiger partial charge on any atom is 0.314 e. The van der Waals surface area contributed by atoms with Gasteiger partial charge in [0, 0.05) is 25.5 Å². The highest BCUT2D eigenvalue weighted by molar-refractivity contribution is 8.14. The highest BCUT2D eigenvalue weighted by atomic mass is 32.2. The van der Waals surface area contributed by atoms with Gasteiger partial charge >= 0.3 is 5.97 Å². The topological polar surface area (TPSA) is 69.4 Å². The van der Waals surface area contributed by atoms with Crippen molar-refractivity contribution in [2.24, 2.45) is 0 Å². The SMILES string of the molecule is CC(=O)Nc1ccc(C(SCC(=O)O)=[N+]2CCCCC2)cc1. The summed E-state index contributed by atoms with van der Waals surface area (Å²) in [5.74, 6) is -0.859. The number of hydrogen-bond donors (Lipinski definition) is 2. The average Bonchev–Trinajstić information content (AvgIpc) is 2.49. The summed E-state index contributed by atoms with van der Waals surface area (Å²) in [6, 6.07) is 7.57. The van der Waals surface area contributed by atoms with E-state index in [-0.39, 0.29) is 11.7 Å². The molecular weight excluding hydrogens is 300 g/mol. The molecule has 0 spiro atoms. The Bertz CT molecular complexity index is 574. The fourth-order valence-electron chi connectivity index (χ4n) is 2.48. The van der Waals surface area contributed by atoms with E-state index in [1.54, 1.807) is 0 Å². The minimum atomic E-state index is -0.811. The Morgan fingerprint density at radius 2 is 1.82 bits per heavy atom. The predicted octanol–water partition coefficient (Wildman–Crippen LogP) is 2.41. The number of nitrogens with one attached hydrogen (secondary N) is 1. The number of piperidine rings is 1. The first-order valence-corrected chi connectivity index (χ1v) is 8.39. The maximum atomic E-state index is 11.1. The van der Waals surface area contributed by atoms with E-state index in [1.165, 1.54) is 25.1 Å². The van der Waals surface area contributed by atoms with Gasteiger partial charge in [0.05, 0.1) is 5.56 Å². The Hall–Kier alpha value is -1.82. The molecule has 1 aromatic rings. The highest BCUT2D eigenvalue weighted by Crippen LogP contribution is 2.19. The van der Waals surface area contributed by atoms with E-state index in [2.05, 4.69) is 9.89 Å². The predicted molar refractivity (Wildman–Crippen MR) is 88.8 cm³/mol. The molecule has 22 heavy (non-hydrogen) atoms. The lowest BCUT2D eigenvalue weighted by Gasteiger charge is -2.14. The molecule has 1 heterocycles. The fraction of sp³-hybridized carbons (Fsp3) is 0.438. The third-order valence-corrected chi connectivity index (χ3v) is 4.59. The van der Waals surface area contributed by atoms with Crippen LogP contribution in [-0.2, 0) is 9.59 Å². The van der Waals surface area contributed by atoms with Crippen LogP contribution in [0.3, 0.4) is 0 Å². The number of carbonyl (C=O) groups is 2. The zero-order valence-corrected chi connectivity index (χ0v) is 13.5. The van der Waals surface area contributed by atoms with Crippen molar-refractivity contribution < 1.29 is 19.3 Å². The van der Waals surface area contributed by atoms with Gasteiger partial charge in [-0.05, 0) is 42.4 Å². The molecule has 0 bridgehead atoms. The molecule has 1 aliphatic heterocycles. The summed E-state index contributed by atoms with van der Waals surface area (Å²) in [6.07, 6.45) is 3.51. The average molecular weight is 321 g/mol. The third-order valence-electron chi connectivity index (χ3n) is 3.43. The van der Waals surface area contributed by atoms with Crippen LogP contribution in [-0.4, -0.2) is 45.4 Å². The van der Waals surface area contributed by atoms with Gasteiger partial charge in [-0.1, -0.05) is 0 Å². The molecule has 1 aromatic carbocycles. The summed E-state index contributed by atoms with van der Waals surface area (Å²) in [7, 11) is 0. The molecule has 1 aliphatic rings. The van der Waals surface area contributed by atoms with Crippen LogP contribution in [0, 0.1) is 0 Å². The molecule has 1 amide bonds. The largest absolute Gasteiger partial charge is 0.481 e. The Morgan fingerprint density at radius 3 is 2.36 bits per heavy atom. The monoisotopic (exact) mass is 321 g/mol. The first-order chi connectivity index (χ1) is 10.6. The van der Waals surface area contributed by atoms with Gasteiger partial charge in [0.2, 0.25) is 11.0 Å². The van der Waals surface area contributed by atoms with Gasteiger partial charge in [0.25, 0.3) is 0 Å². The molecule has 0 aromatic heterocycles. The van der Waals surface area contributed by atoms with E-state index in [4.69, 9.17) is 5.11 Å². The lowest BCUT2D eigenvalue weighted by atomic mass is 10.1. The number of hydrogen-bond acceptors (Lipinski definition) is 3. The normalized spacial score (nSPS) is 14.5. The highest BCUT2D eigenvalue weighted by Gasteiger charge is 2.21. The number of amides is 1. The number of aliphatic carboxylic acids is 1. The second kappa shape index (κ2) is 7.98. The number of carboxylic acid groups (broad SMARTS) is 1. The van der Waals surface area contributed by atoms with Crippen molar-refractivity contribution in [3.05, 3.63) is 29.8 Å². The molecule has 2 N–H and O–H groups in total. The van der Waals surface area contributed by atoms with Crippen LogP contribution in [0.4, 0.5) is 5.69 Å². The van der Waals surface area contributed by atoms with Crippen LogP contribution in [0.1, 0.15) is 31.7 Å². The molecule has 2 rings (SSSR count). The van der Waals surface area contributed by atoms with Gasteiger partial charge in [-0.25, -0.2) is 4.58 Å². The van der Waals surface area contributed by atoms with E-state index in [9.17, 15) is 9.59 Å². The van der Waals surface area contributed by atoms with Crippen LogP contribution >= 0.6 is 11.8 Å². The Labute approximate surface area is 134 Å². The smallest absolute Gasteiger partial charge is 0.314 e. The molecule has 1 fully saturated rings. The molecule has 1 saturated heterocycles. The minimum Gasteiger partial charge on any atom is -0.481 e. The number of thioether (sulfide) groups is 1. The number of anilines is 1. The van der Waals surface area contributed by atoms with Crippen molar-refractivity contribution in [1.82, 2.24) is 0 Å². The Balaban J connectivity index is 2.23. The summed E-state index contributed by atoms with van der Waals surface area (Å²) >= 11 is 1.36. The van der Waals surface area contributed by atoms with Crippen molar-refractivity contribution >= 4 is 34.4 Å². The number of benzene rings is 1. The summed E-state index contributed by atoms with van der Waals surface area (Å²) in [5.41, 5.74) is 1.75. The third kappa shape index (κ3) is 4.87. The summed E-state index contributed by atoms with van der Waals surface area (Å²) in [5, 5.41) is 12.7. The van der Waals surface area contributed by atoms with Crippen molar-refractivity contribution in [2.45, 2.75) is 26.2 Å². The zero-order chi connectivity index (χ0) is 15.9. The van der Waals surface area contributed by atoms with E-state index < -0.39 is 5.97 Å². The second-order valence-electron chi connectivity index (χ2n) is 5.29. The Morgan fingerprint density at radius 1 is 1.18 bits per heavy atom. The van der Waals surface area contributed by atoms with E-state index in [0.717, 1.165) is 42.2 Å². The van der Waals surface area contributed by atoms with Crippen LogP contribution in [0.2, 0.25) is 0 Å². The van der Waals surface area contributed by atoms with Gasteiger partial charge < -0.3 is 10.4 Å². The summed E-state index contributed by atoms with van der Waals surface area (Å²) < 4.78 is 2.27. The molecule has 0 saturated carbocycles.